The van der Waals surface area contributed by atoms with Crippen molar-refractivity contribution >= 4 is 11.6 Å². The molecule has 1 atom stereocenters. The Labute approximate surface area is 145 Å². The fourth-order valence-corrected chi connectivity index (χ4v) is 2.64. The molecule has 0 aliphatic heterocycles. The molecule has 0 aromatic heterocycles. The number of likely N-dealkylation sites (N-methyl/N-ethyl adjacent to an activating group) is 1. The van der Waals surface area contributed by atoms with Gasteiger partial charge in [-0.05, 0) is 35.6 Å². The monoisotopic (exact) mass is 324 g/mol. The minimum absolute atomic E-state index is 0.0822. The first-order chi connectivity index (χ1) is 11.3. The lowest BCUT2D eigenvalue weighted by atomic mass is 9.87. The summed E-state index contributed by atoms with van der Waals surface area (Å²) in [4.78, 5) is 14.3. The highest BCUT2D eigenvalue weighted by Crippen LogP contribution is 2.23. The Morgan fingerprint density at radius 2 is 1.62 bits per heavy atom. The zero-order chi connectivity index (χ0) is 17.7. The van der Waals surface area contributed by atoms with E-state index in [0.717, 1.165) is 11.3 Å². The zero-order valence-corrected chi connectivity index (χ0v) is 15.3. The molecule has 24 heavy (non-hydrogen) atoms. The van der Waals surface area contributed by atoms with Gasteiger partial charge in [0.2, 0.25) is 5.91 Å². The molecule has 0 bridgehead atoms. The molecule has 2 aromatic rings. The van der Waals surface area contributed by atoms with Crippen LogP contribution in [0.15, 0.2) is 54.6 Å². The Morgan fingerprint density at radius 3 is 2.17 bits per heavy atom. The summed E-state index contributed by atoms with van der Waals surface area (Å²) in [7, 11) is 1.84. The molecule has 0 radical (unpaired) electrons. The first-order valence-electron chi connectivity index (χ1n) is 8.43. The maximum absolute atomic E-state index is 12.5. The molecule has 0 aliphatic rings. The van der Waals surface area contributed by atoms with Gasteiger partial charge in [-0.3, -0.25) is 4.79 Å². The Hall–Kier alpha value is -2.29. The van der Waals surface area contributed by atoms with Gasteiger partial charge in [-0.1, -0.05) is 63.2 Å². The predicted octanol–water partition coefficient (Wildman–Crippen LogP) is 4.44. The van der Waals surface area contributed by atoms with Gasteiger partial charge in [-0.25, -0.2) is 0 Å². The number of amides is 1. The van der Waals surface area contributed by atoms with E-state index in [1.165, 1.54) is 5.56 Å². The molecule has 0 spiro atoms. The Morgan fingerprint density at radius 1 is 1.04 bits per heavy atom. The lowest BCUT2D eigenvalue weighted by Gasteiger charge is -2.24. The van der Waals surface area contributed by atoms with E-state index in [0.29, 0.717) is 6.54 Å². The number of anilines is 1. The molecule has 0 aliphatic carbocycles. The SMILES string of the molecule is CC(Nc1ccc(C(C)(C)C)cc1)C(=O)N(C)Cc1ccccc1. The minimum atomic E-state index is -0.265. The first kappa shape index (κ1) is 18.1. The van der Waals surface area contributed by atoms with E-state index in [-0.39, 0.29) is 17.4 Å². The van der Waals surface area contributed by atoms with Crippen LogP contribution in [0.5, 0.6) is 0 Å². The van der Waals surface area contributed by atoms with Crippen LogP contribution < -0.4 is 5.32 Å². The van der Waals surface area contributed by atoms with Gasteiger partial charge >= 0.3 is 0 Å². The Balaban J connectivity index is 1.96. The predicted molar refractivity (Wildman–Crippen MR) is 101 cm³/mol. The van der Waals surface area contributed by atoms with Gasteiger partial charge in [0.1, 0.15) is 6.04 Å². The molecule has 2 rings (SSSR count). The summed E-state index contributed by atoms with van der Waals surface area (Å²) in [5, 5.41) is 3.30. The smallest absolute Gasteiger partial charge is 0.244 e. The van der Waals surface area contributed by atoms with Gasteiger partial charge < -0.3 is 10.2 Å². The van der Waals surface area contributed by atoms with Crippen LogP contribution in [0.4, 0.5) is 5.69 Å². The topological polar surface area (TPSA) is 32.3 Å². The van der Waals surface area contributed by atoms with E-state index in [1.54, 1.807) is 4.90 Å². The molecule has 3 nitrogen and oxygen atoms in total. The second-order valence-electron chi connectivity index (χ2n) is 7.37. The van der Waals surface area contributed by atoms with Crippen LogP contribution in [0.3, 0.4) is 0 Å². The van der Waals surface area contributed by atoms with Gasteiger partial charge in [0, 0.05) is 19.3 Å². The lowest BCUT2D eigenvalue weighted by molar-refractivity contribution is -0.130. The van der Waals surface area contributed by atoms with Crippen molar-refractivity contribution in [2.45, 2.75) is 45.7 Å². The minimum Gasteiger partial charge on any atom is -0.374 e. The first-order valence-corrected chi connectivity index (χ1v) is 8.43. The van der Waals surface area contributed by atoms with Crippen molar-refractivity contribution in [2.24, 2.45) is 0 Å². The fourth-order valence-electron chi connectivity index (χ4n) is 2.64. The van der Waals surface area contributed by atoms with E-state index in [9.17, 15) is 4.79 Å². The molecule has 0 saturated carbocycles. The molecular formula is C21H28N2O. The number of nitrogens with one attached hydrogen (secondary N) is 1. The molecule has 1 N–H and O–H groups in total. The van der Waals surface area contributed by atoms with Crippen LogP contribution in [-0.2, 0) is 16.8 Å². The van der Waals surface area contributed by atoms with E-state index in [2.05, 4.69) is 38.2 Å². The summed E-state index contributed by atoms with van der Waals surface area (Å²) in [6.07, 6.45) is 0. The van der Waals surface area contributed by atoms with E-state index >= 15 is 0 Å². The maximum Gasteiger partial charge on any atom is 0.244 e. The van der Waals surface area contributed by atoms with Crippen molar-refractivity contribution in [1.29, 1.82) is 0 Å². The van der Waals surface area contributed by atoms with Crippen molar-refractivity contribution in [2.75, 3.05) is 12.4 Å². The van der Waals surface area contributed by atoms with Crippen LogP contribution in [0, 0.1) is 0 Å². The fraction of sp³-hybridized carbons (Fsp3) is 0.381. The number of hydrogen-bond acceptors (Lipinski definition) is 2. The molecule has 0 saturated heterocycles. The summed E-state index contributed by atoms with van der Waals surface area (Å²) in [5.74, 6) is 0.0822. The molecule has 0 heterocycles. The van der Waals surface area contributed by atoms with Crippen molar-refractivity contribution in [3.05, 3.63) is 65.7 Å². The second-order valence-corrected chi connectivity index (χ2v) is 7.37. The number of carbonyl (C=O) groups excluding carboxylic acids is 1. The molecule has 3 heteroatoms. The number of benzene rings is 2. The highest BCUT2D eigenvalue weighted by molar-refractivity contribution is 5.84. The number of carbonyl (C=O) groups is 1. The van der Waals surface area contributed by atoms with Crippen LogP contribution in [0.1, 0.15) is 38.8 Å². The molecule has 1 amide bonds. The summed E-state index contributed by atoms with van der Waals surface area (Å²) in [5.41, 5.74) is 3.52. The molecule has 0 fully saturated rings. The average Bonchev–Trinajstić information content (AvgIpc) is 2.54. The number of hydrogen-bond donors (Lipinski definition) is 1. The van der Waals surface area contributed by atoms with E-state index in [4.69, 9.17) is 0 Å². The summed E-state index contributed by atoms with van der Waals surface area (Å²) in [6.45, 7) is 9.11. The van der Waals surface area contributed by atoms with Crippen molar-refractivity contribution in [1.82, 2.24) is 4.90 Å². The zero-order valence-electron chi connectivity index (χ0n) is 15.3. The average molecular weight is 324 g/mol. The third kappa shape index (κ3) is 4.85. The largest absolute Gasteiger partial charge is 0.374 e. The van der Waals surface area contributed by atoms with E-state index < -0.39 is 0 Å². The van der Waals surface area contributed by atoms with E-state index in [1.807, 2.05) is 56.4 Å². The van der Waals surface area contributed by atoms with Crippen molar-refractivity contribution in [3.63, 3.8) is 0 Å². The quantitative estimate of drug-likeness (QED) is 0.881. The summed E-state index contributed by atoms with van der Waals surface area (Å²) >= 11 is 0. The van der Waals surface area contributed by atoms with Gasteiger partial charge in [0.15, 0.2) is 0 Å². The second kappa shape index (κ2) is 7.52. The van der Waals surface area contributed by atoms with Gasteiger partial charge in [-0.15, -0.1) is 0 Å². The Kier molecular flexibility index (Phi) is 5.66. The molecular weight excluding hydrogens is 296 g/mol. The van der Waals surface area contributed by atoms with Gasteiger partial charge in [0.25, 0.3) is 0 Å². The molecule has 128 valence electrons. The maximum atomic E-state index is 12.5. The van der Waals surface area contributed by atoms with Gasteiger partial charge in [-0.2, -0.15) is 0 Å². The summed E-state index contributed by atoms with van der Waals surface area (Å²) in [6, 6.07) is 18.1. The van der Waals surface area contributed by atoms with Crippen molar-refractivity contribution < 1.29 is 4.79 Å². The standard InChI is InChI=1S/C21H28N2O/c1-16(20(24)23(5)15-17-9-7-6-8-10-17)22-19-13-11-18(12-14-19)21(2,3)4/h6-14,16,22H,15H2,1-5H3. The number of rotatable bonds is 5. The third-order valence-corrected chi connectivity index (χ3v) is 4.14. The van der Waals surface area contributed by atoms with Gasteiger partial charge in [0.05, 0.1) is 0 Å². The molecule has 2 aromatic carbocycles. The van der Waals surface area contributed by atoms with Crippen LogP contribution in [0.25, 0.3) is 0 Å². The molecule has 1 unspecified atom stereocenters. The van der Waals surface area contributed by atoms with Crippen molar-refractivity contribution in [3.8, 4) is 0 Å². The van der Waals surface area contributed by atoms with Crippen LogP contribution in [0.2, 0.25) is 0 Å². The Bertz CT molecular complexity index is 656. The number of nitrogens with zero attached hydrogens (tertiary/aromatic N) is 1. The highest BCUT2D eigenvalue weighted by Gasteiger charge is 2.18. The highest BCUT2D eigenvalue weighted by atomic mass is 16.2. The van der Waals surface area contributed by atoms with Crippen LogP contribution >= 0.6 is 0 Å². The summed E-state index contributed by atoms with van der Waals surface area (Å²) < 4.78 is 0. The lowest BCUT2D eigenvalue weighted by Crippen LogP contribution is -2.38. The normalized spacial score (nSPS) is 12.5. The third-order valence-electron chi connectivity index (χ3n) is 4.14. The van der Waals surface area contributed by atoms with Crippen LogP contribution in [-0.4, -0.2) is 23.9 Å².